The van der Waals surface area contributed by atoms with Crippen LogP contribution in [0.1, 0.15) is 24.8 Å². The quantitative estimate of drug-likeness (QED) is 0.396. The number of piperidine rings is 1. The van der Waals surface area contributed by atoms with Crippen molar-refractivity contribution < 1.29 is 37.7 Å². The number of aliphatic hydroxyl groups is 1. The fourth-order valence-electron chi connectivity index (χ4n) is 3.86. The molecule has 2 unspecified atom stereocenters. The van der Waals surface area contributed by atoms with Crippen LogP contribution in [0.3, 0.4) is 0 Å². The van der Waals surface area contributed by atoms with Crippen molar-refractivity contribution in [2.24, 2.45) is 0 Å². The fraction of sp³-hybridized carbons (Fsp3) is 0.632. The van der Waals surface area contributed by atoms with Gasteiger partial charge in [-0.25, -0.2) is 18.2 Å². The van der Waals surface area contributed by atoms with E-state index < -0.39 is 33.4 Å². The maximum Gasteiger partial charge on any atom is 0.279 e. The van der Waals surface area contributed by atoms with Gasteiger partial charge >= 0.3 is 0 Å². The molecule has 0 aliphatic carbocycles. The van der Waals surface area contributed by atoms with Crippen LogP contribution >= 0.6 is 0 Å². The van der Waals surface area contributed by atoms with Crippen molar-refractivity contribution in [3.8, 4) is 5.75 Å². The molecular weight excluding hydrogens is 416 g/mol. The highest BCUT2D eigenvalue weighted by Gasteiger charge is 2.54. The first-order valence-electron chi connectivity index (χ1n) is 9.79. The topological polar surface area (TPSA) is 135 Å². The number of rotatable bonds is 7. The Labute approximate surface area is 175 Å². The molecule has 1 amide bonds. The highest BCUT2D eigenvalue weighted by molar-refractivity contribution is 7.89. The molecule has 11 heteroatoms. The fourth-order valence-corrected chi connectivity index (χ4v) is 6.00. The van der Waals surface area contributed by atoms with Gasteiger partial charge in [0.05, 0.1) is 26.4 Å². The monoisotopic (exact) mass is 444 g/mol. The predicted octanol–water partition coefficient (Wildman–Crippen LogP) is 0.0314. The Morgan fingerprint density at radius 1 is 1.33 bits per heavy atom. The van der Waals surface area contributed by atoms with Gasteiger partial charge in [-0.1, -0.05) is 12.1 Å². The lowest BCUT2D eigenvalue weighted by Gasteiger charge is -2.41. The number of nitrogens with one attached hydrogen (secondary N) is 1. The van der Waals surface area contributed by atoms with Gasteiger partial charge < -0.3 is 19.3 Å². The first kappa shape index (κ1) is 22.9. The summed E-state index contributed by atoms with van der Waals surface area (Å²) in [5.41, 5.74) is -0.0303. The number of nitrogens with zero attached hydrogens (tertiary/aromatic N) is 1. The number of hydrogen-bond donors (Lipinski definition) is 3. The highest BCUT2D eigenvalue weighted by atomic mass is 32.2. The predicted molar refractivity (Wildman–Crippen MR) is 105 cm³/mol. The van der Waals surface area contributed by atoms with Gasteiger partial charge in [0.25, 0.3) is 5.91 Å². The number of methoxy groups -OCH3 is 1. The Bertz CT molecular complexity index is 841. The molecule has 1 aromatic rings. The molecular formula is C19H28N2O8S. The van der Waals surface area contributed by atoms with Crippen molar-refractivity contribution in [3.05, 3.63) is 29.8 Å². The van der Waals surface area contributed by atoms with Crippen molar-refractivity contribution in [2.45, 2.75) is 42.8 Å². The summed E-state index contributed by atoms with van der Waals surface area (Å²) < 4.78 is 43.8. The second-order valence-electron chi connectivity index (χ2n) is 7.50. The van der Waals surface area contributed by atoms with E-state index in [2.05, 4.69) is 0 Å². The zero-order valence-electron chi connectivity index (χ0n) is 16.8. The molecule has 3 N–H and O–H groups in total. The normalized spacial score (nSPS) is 26.3. The van der Waals surface area contributed by atoms with E-state index in [9.17, 15) is 18.3 Å². The average Bonchev–Trinajstić information content (AvgIpc) is 2.77. The van der Waals surface area contributed by atoms with Crippen molar-refractivity contribution in [3.63, 3.8) is 0 Å². The minimum absolute atomic E-state index is 0.0431. The van der Waals surface area contributed by atoms with E-state index in [-0.39, 0.29) is 32.2 Å². The SMILES string of the molecule is COc1cccc(COC2CCN(S(=O)(=O)C3CCOCC3(O)C(=O)NO)CC2)c1. The summed E-state index contributed by atoms with van der Waals surface area (Å²) in [6.07, 6.45) is 0.851. The number of carbonyl (C=O) groups is 1. The third kappa shape index (κ3) is 4.76. The lowest BCUT2D eigenvalue weighted by atomic mass is 9.95. The molecule has 2 aliphatic heterocycles. The van der Waals surface area contributed by atoms with Gasteiger partial charge in [0.1, 0.15) is 11.0 Å². The van der Waals surface area contributed by atoms with E-state index in [0.717, 1.165) is 11.3 Å². The van der Waals surface area contributed by atoms with E-state index in [1.54, 1.807) is 7.11 Å². The summed E-state index contributed by atoms with van der Waals surface area (Å²) in [6.45, 7) is 0.442. The standard InChI is InChI=1S/C19H28N2O8S/c1-27-16-4-2-3-14(11-16)12-29-15-5-8-21(9-6-15)30(25,26)17-7-10-28-13-19(17,23)18(22)20-24/h2-4,11,15,17,23-24H,5-10,12-13H2,1H3,(H,20,22). The van der Waals surface area contributed by atoms with Crippen LogP contribution in [0, 0.1) is 0 Å². The van der Waals surface area contributed by atoms with Gasteiger partial charge in [-0.05, 0) is 37.0 Å². The molecule has 168 valence electrons. The molecule has 2 fully saturated rings. The minimum Gasteiger partial charge on any atom is -0.497 e. The first-order chi connectivity index (χ1) is 14.3. The third-order valence-electron chi connectivity index (χ3n) is 5.61. The Kier molecular flexibility index (Phi) is 7.32. The largest absolute Gasteiger partial charge is 0.497 e. The van der Waals surface area contributed by atoms with Crippen LogP contribution in [0.15, 0.2) is 24.3 Å². The number of benzene rings is 1. The minimum atomic E-state index is -3.99. The Hall–Kier alpha value is -1.76. The number of carbonyl (C=O) groups excluding carboxylic acids is 1. The number of hydroxylamine groups is 1. The summed E-state index contributed by atoms with van der Waals surface area (Å²) >= 11 is 0. The van der Waals surface area contributed by atoms with Crippen LogP contribution < -0.4 is 10.2 Å². The molecule has 1 aromatic carbocycles. The number of hydrogen-bond acceptors (Lipinski definition) is 8. The zero-order valence-corrected chi connectivity index (χ0v) is 17.6. The van der Waals surface area contributed by atoms with E-state index in [1.807, 2.05) is 24.3 Å². The molecule has 3 rings (SSSR count). The summed E-state index contributed by atoms with van der Waals surface area (Å²) in [7, 11) is -2.39. The van der Waals surface area contributed by atoms with Gasteiger partial charge in [-0.3, -0.25) is 10.0 Å². The molecule has 0 radical (unpaired) electrons. The van der Waals surface area contributed by atoms with E-state index >= 15 is 0 Å². The van der Waals surface area contributed by atoms with Crippen LogP contribution in [0.5, 0.6) is 5.75 Å². The molecule has 0 saturated carbocycles. The molecule has 2 saturated heterocycles. The Morgan fingerprint density at radius 2 is 2.07 bits per heavy atom. The van der Waals surface area contributed by atoms with E-state index in [1.165, 1.54) is 9.79 Å². The van der Waals surface area contributed by atoms with Gasteiger partial charge in [0.15, 0.2) is 5.60 Å². The van der Waals surface area contributed by atoms with Gasteiger partial charge in [0, 0.05) is 19.7 Å². The summed E-state index contributed by atoms with van der Waals surface area (Å²) in [5.74, 6) is -0.444. The maximum atomic E-state index is 13.1. The molecule has 2 atom stereocenters. The van der Waals surface area contributed by atoms with Crippen molar-refractivity contribution in [2.75, 3.05) is 33.4 Å². The van der Waals surface area contributed by atoms with Gasteiger partial charge in [-0.2, -0.15) is 0 Å². The lowest BCUT2D eigenvalue weighted by Crippen LogP contribution is -2.64. The Morgan fingerprint density at radius 3 is 2.73 bits per heavy atom. The van der Waals surface area contributed by atoms with Gasteiger partial charge in [-0.15, -0.1) is 0 Å². The van der Waals surface area contributed by atoms with E-state index in [4.69, 9.17) is 19.4 Å². The van der Waals surface area contributed by atoms with Crippen molar-refractivity contribution in [1.29, 1.82) is 0 Å². The molecule has 0 aromatic heterocycles. The second-order valence-corrected chi connectivity index (χ2v) is 9.62. The smallest absolute Gasteiger partial charge is 0.279 e. The lowest BCUT2D eigenvalue weighted by molar-refractivity contribution is -0.161. The van der Waals surface area contributed by atoms with Crippen molar-refractivity contribution in [1.82, 2.24) is 9.79 Å². The number of sulfonamides is 1. The van der Waals surface area contributed by atoms with Gasteiger partial charge in [0.2, 0.25) is 10.0 Å². The highest BCUT2D eigenvalue weighted by Crippen LogP contribution is 2.31. The van der Waals surface area contributed by atoms with Crippen LogP contribution in [0.4, 0.5) is 0 Å². The van der Waals surface area contributed by atoms with Crippen LogP contribution in [0.25, 0.3) is 0 Å². The molecule has 0 bridgehead atoms. The van der Waals surface area contributed by atoms with Crippen LogP contribution in [-0.4, -0.2) is 79.3 Å². The average molecular weight is 445 g/mol. The molecule has 2 aliphatic rings. The first-order valence-corrected chi connectivity index (χ1v) is 11.3. The molecule has 30 heavy (non-hydrogen) atoms. The summed E-state index contributed by atoms with van der Waals surface area (Å²) in [4.78, 5) is 11.9. The van der Waals surface area contributed by atoms with Crippen molar-refractivity contribution >= 4 is 15.9 Å². The number of amides is 1. The second kappa shape index (κ2) is 9.58. The summed E-state index contributed by atoms with van der Waals surface area (Å²) in [5, 5.41) is 18.2. The third-order valence-corrected chi connectivity index (χ3v) is 8.04. The number of ether oxygens (including phenoxy) is 3. The Balaban J connectivity index is 1.59. The van der Waals surface area contributed by atoms with Crippen LogP contribution in [0.2, 0.25) is 0 Å². The zero-order chi connectivity index (χ0) is 21.8. The van der Waals surface area contributed by atoms with Crippen LogP contribution in [-0.2, 0) is 30.9 Å². The summed E-state index contributed by atoms with van der Waals surface area (Å²) in [6, 6.07) is 7.55. The molecule has 0 spiro atoms. The molecule has 2 heterocycles. The maximum absolute atomic E-state index is 13.1. The molecule has 10 nitrogen and oxygen atoms in total. The van der Waals surface area contributed by atoms with E-state index in [0.29, 0.717) is 19.4 Å².